The predicted molar refractivity (Wildman–Crippen MR) is 61.3 cm³/mol. The number of nitrogens with zero attached hydrogens (tertiary/aromatic N) is 1. The van der Waals surface area contributed by atoms with Crippen LogP contribution in [0.3, 0.4) is 0 Å². The summed E-state index contributed by atoms with van der Waals surface area (Å²) in [5.41, 5.74) is 1.85. The number of furan rings is 1. The van der Waals surface area contributed by atoms with Gasteiger partial charge in [-0.2, -0.15) is 0 Å². The molecule has 0 unspecified atom stereocenters. The Morgan fingerprint density at radius 2 is 2.12 bits per heavy atom. The maximum atomic E-state index is 11.5. The number of hydrogen-bond donors (Lipinski definition) is 0. The lowest BCUT2D eigenvalue weighted by atomic mass is 10.1. The van der Waals surface area contributed by atoms with Crippen molar-refractivity contribution in [2.45, 2.75) is 13.0 Å². The Hall–Kier alpha value is -2.10. The van der Waals surface area contributed by atoms with Crippen molar-refractivity contribution in [3.63, 3.8) is 0 Å². The molecule has 0 bridgehead atoms. The molecule has 4 nitrogen and oxygen atoms in total. The largest absolute Gasteiger partial charge is 0.464 e. The van der Waals surface area contributed by atoms with E-state index in [1.165, 1.54) is 0 Å². The molecule has 0 N–H and O–H groups in total. The van der Waals surface area contributed by atoms with Crippen molar-refractivity contribution >= 4 is 22.7 Å². The fraction of sp³-hybridized carbons (Fsp3) is 0.231. The molecule has 0 aliphatic carbocycles. The van der Waals surface area contributed by atoms with Crippen LogP contribution >= 0.6 is 0 Å². The predicted octanol–water partition coefficient (Wildman–Crippen LogP) is 1.73. The number of fused-ring (bicyclic) bond motifs is 1. The van der Waals surface area contributed by atoms with Gasteiger partial charge in [-0.15, -0.1) is 0 Å². The minimum absolute atomic E-state index is 0.000566. The van der Waals surface area contributed by atoms with Gasteiger partial charge in [0.1, 0.15) is 5.58 Å². The van der Waals surface area contributed by atoms with Crippen molar-refractivity contribution in [3.05, 3.63) is 36.1 Å². The van der Waals surface area contributed by atoms with Crippen LogP contribution in [0, 0.1) is 0 Å². The fourth-order valence-electron chi connectivity index (χ4n) is 2.12. The molecule has 1 aliphatic heterocycles. The van der Waals surface area contributed by atoms with Crippen molar-refractivity contribution < 1.29 is 14.0 Å². The molecule has 4 heteroatoms. The average molecular weight is 229 g/mol. The summed E-state index contributed by atoms with van der Waals surface area (Å²) in [5.74, 6) is -0.0818. The summed E-state index contributed by atoms with van der Waals surface area (Å²) in [6.45, 7) is 0.730. The molecule has 1 aromatic carbocycles. The van der Waals surface area contributed by atoms with Crippen molar-refractivity contribution in [1.82, 2.24) is 4.90 Å². The van der Waals surface area contributed by atoms with E-state index in [1.807, 2.05) is 24.3 Å². The SMILES string of the molecule is O=C1CC(=O)N(Cc2ccc3occc3c2)C1. The van der Waals surface area contributed by atoms with Crippen LogP contribution in [0.4, 0.5) is 0 Å². The summed E-state index contributed by atoms with van der Waals surface area (Å²) in [7, 11) is 0. The Kier molecular flexibility index (Phi) is 2.21. The molecule has 0 spiro atoms. The molecule has 1 aromatic heterocycles. The highest BCUT2D eigenvalue weighted by Gasteiger charge is 2.27. The van der Waals surface area contributed by atoms with E-state index in [2.05, 4.69) is 0 Å². The zero-order chi connectivity index (χ0) is 11.8. The normalized spacial score (nSPS) is 16.1. The van der Waals surface area contributed by atoms with Crippen LogP contribution in [-0.2, 0) is 16.1 Å². The maximum absolute atomic E-state index is 11.5. The number of likely N-dealkylation sites (tertiary alicyclic amines) is 1. The molecule has 17 heavy (non-hydrogen) atoms. The molecule has 1 fully saturated rings. The number of rotatable bonds is 2. The van der Waals surface area contributed by atoms with Gasteiger partial charge in [-0.25, -0.2) is 0 Å². The lowest BCUT2D eigenvalue weighted by molar-refractivity contribution is -0.128. The monoisotopic (exact) mass is 229 g/mol. The van der Waals surface area contributed by atoms with Crippen molar-refractivity contribution in [1.29, 1.82) is 0 Å². The molecule has 86 valence electrons. The van der Waals surface area contributed by atoms with Crippen molar-refractivity contribution in [3.8, 4) is 0 Å². The topological polar surface area (TPSA) is 50.5 Å². The summed E-state index contributed by atoms with van der Waals surface area (Å²) in [6, 6.07) is 7.67. The summed E-state index contributed by atoms with van der Waals surface area (Å²) in [5, 5.41) is 1.01. The van der Waals surface area contributed by atoms with E-state index in [1.54, 1.807) is 11.2 Å². The Balaban J connectivity index is 1.84. The van der Waals surface area contributed by atoms with Crippen LogP contribution in [0.2, 0.25) is 0 Å². The quantitative estimate of drug-likeness (QED) is 0.737. The molecular weight excluding hydrogens is 218 g/mol. The smallest absolute Gasteiger partial charge is 0.230 e. The number of benzene rings is 1. The van der Waals surface area contributed by atoms with Gasteiger partial charge in [0.15, 0.2) is 5.78 Å². The first-order valence-electron chi connectivity index (χ1n) is 5.48. The zero-order valence-electron chi connectivity index (χ0n) is 9.18. The summed E-state index contributed by atoms with van der Waals surface area (Å²) >= 11 is 0. The second-order valence-electron chi connectivity index (χ2n) is 4.26. The van der Waals surface area contributed by atoms with Crippen molar-refractivity contribution in [2.75, 3.05) is 6.54 Å². The third-order valence-corrected chi connectivity index (χ3v) is 2.96. The molecule has 1 amide bonds. The molecule has 0 radical (unpaired) electrons. The number of carbonyl (C=O) groups is 2. The first-order valence-corrected chi connectivity index (χ1v) is 5.48. The molecule has 1 aliphatic rings. The molecule has 3 rings (SSSR count). The standard InChI is InChI=1S/C13H11NO3/c15-11-6-13(16)14(8-11)7-9-1-2-12-10(5-9)3-4-17-12/h1-5H,6-8H2. The lowest BCUT2D eigenvalue weighted by Gasteiger charge is -2.14. The van der Waals surface area contributed by atoms with E-state index in [-0.39, 0.29) is 24.7 Å². The Morgan fingerprint density at radius 1 is 1.24 bits per heavy atom. The summed E-state index contributed by atoms with van der Waals surface area (Å²) < 4.78 is 5.25. The van der Waals surface area contributed by atoms with E-state index < -0.39 is 0 Å². The molecule has 2 heterocycles. The van der Waals surface area contributed by atoms with E-state index in [4.69, 9.17) is 4.42 Å². The van der Waals surface area contributed by atoms with Crippen LogP contribution in [0.25, 0.3) is 11.0 Å². The van der Waals surface area contributed by atoms with Gasteiger partial charge in [-0.05, 0) is 23.8 Å². The highest BCUT2D eigenvalue weighted by atomic mass is 16.3. The Morgan fingerprint density at radius 3 is 2.88 bits per heavy atom. The van der Waals surface area contributed by atoms with Gasteiger partial charge in [0.05, 0.1) is 19.2 Å². The fourth-order valence-corrected chi connectivity index (χ4v) is 2.12. The van der Waals surface area contributed by atoms with Crippen LogP contribution in [0.15, 0.2) is 34.9 Å². The van der Waals surface area contributed by atoms with E-state index >= 15 is 0 Å². The summed E-state index contributed by atoms with van der Waals surface area (Å²) in [6.07, 6.45) is 1.69. The van der Waals surface area contributed by atoms with E-state index in [0.29, 0.717) is 6.54 Å². The highest BCUT2D eigenvalue weighted by molar-refractivity contribution is 6.05. The van der Waals surface area contributed by atoms with Crippen molar-refractivity contribution in [2.24, 2.45) is 0 Å². The average Bonchev–Trinajstić information content (AvgIpc) is 2.85. The van der Waals surface area contributed by atoms with Gasteiger partial charge < -0.3 is 9.32 Å². The number of Topliss-reactive ketones (excluding diaryl/α,β-unsaturated/α-hetero) is 1. The minimum Gasteiger partial charge on any atom is -0.464 e. The third kappa shape index (κ3) is 1.82. The molecule has 0 atom stereocenters. The Labute approximate surface area is 97.8 Å². The van der Waals surface area contributed by atoms with Crippen LogP contribution in [0.5, 0.6) is 0 Å². The molecular formula is C13H11NO3. The first-order chi connectivity index (χ1) is 8.22. The Bertz CT molecular complexity index is 599. The first kappa shape index (κ1) is 10.1. The second-order valence-corrected chi connectivity index (χ2v) is 4.26. The van der Waals surface area contributed by atoms with Gasteiger partial charge in [0.2, 0.25) is 5.91 Å². The minimum atomic E-state index is -0.0812. The number of amides is 1. The van der Waals surface area contributed by atoms with Gasteiger partial charge in [0.25, 0.3) is 0 Å². The van der Waals surface area contributed by atoms with Crippen LogP contribution < -0.4 is 0 Å². The highest BCUT2D eigenvalue weighted by Crippen LogP contribution is 2.19. The van der Waals surface area contributed by atoms with Crippen LogP contribution in [0.1, 0.15) is 12.0 Å². The van der Waals surface area contributed by atoms with E-state index in [0.717, 1.165) is 16.5 Å². The number of carbonyl (C=O) groups excluding carboxylic acids is 2. The van der Waals surface area contributed by atoms with E-state index in [9.17, 15) is 9.59 Å². The maximum Gasteiger partial charge on any atom is 0.230 e. The number of ketones is 1. The molecule has 1 saturated heterocycles. The summed E-state index contributed by atoms with van der Waals surface area (Å²) in [4.78, 5) is 24.2. The zero-order valence-corrected chi connectivity index (χ0v) is 9.18. The number of hydrogen-bond acceptors (Lipinski definition) is 3. The lowest BCUT2D eigenvalue weighted by Crippen LogP contribution is -2.24. The third-order valence-electron chi connectivity index (χ3n) is 2.96. The van der Waals surface area contributed by atoms with Gasteiger partial charge >= 0.3 is 0 Å². The molecule has 0 saturated carbocycles. The molecule has 2 aromatic rings. The van der Waals surface area contributed by atoms with Gasteiger partial charge in [-0.3, -0.25) is 9.59 Å². The van der Waals surface area contributed by atoms with Gasteiger partial charge in [-0.1, -0.05) is 6.07 Å². The van der Waals surface area contributed by atoms with Crippen LogP contribution in [-0.4, -0.2) is 23.1 Å². The second kappa shape index (κ2) is 3.73. The van der Waals surface area contributed by atoms with Gasteiger partial charge in [0, 0.05) is 11.9 Å².